The molecule has 194 valence electrons. The van der Waals surface area contributed by atoms with Gasteiger partial charge in [-0.3, -0.25) is 4.79 Å². The lowest BCUT2D eigenvalue weighted by Gasteiger charge is -2.42. The second-order valence-electron chi connectivity index (χ2n) is 9.87. The van der Waals surface area contributed by atoms with Gasteiger partial charge in [0.25, 0.3) is 5.56 Å². The van der Waals surface area contributed by atoms with Gasteiger partial charge in [-0.25, -0.2) is 9.37 Å². The number of hydrogen-bond donors (Lipinski definition) is 0. The van der Waals surface area contributed by atoms with E-state index in [9.17, 15) is 14.4 Å². The Balaban J connectivity index is 1.36. The maximum atomic E-state index is 13.6. The highest BCUT2D eigenvalue weighted by Gasteiger charge is 2.31. The Morgan fingerprint density at radius 3 is 2.51 bits per heavy atom. The van der Waals surface area contributed by atoms with E-state index >= 15 is 0 Å². The number of hydrogen-bond acceptors (Lipinski definition) is 7. The van der Waals surface area contributed by atoms with Crippen LogP contribution < -0.4 is 15.4 Å². The molecule has 9 heteroatoms. The van der Waals surface area contributed by atoms with Crippen molar-refractivity contribution in [3.63, 3.8) is 0 Å². The number of ether oxygens (including phenoxy) is 2. The van der Waals surface area contributed by atoms with Gasteiger partial charge in [0.15, 0.2) is 0 Å². The monoisotopic (exact) mass is 505 g/mol. The summed E-state index contributed by atoms with van der Waals surface area (Å²) in [5, 5.41) is 9.37. The van der Waals surface area contributed by atoms with E-state index in [1.807, 2.05) is 19.2 Å². The molecule has 1 atom stereocenters. The molecule has 3 aromatic rings. The number of aromatic nitrogens is 2. The van der Waals surface area contributed by atoms with Crippen LogP contribution in [0.2, 0.25) is 0 Å². The van der Waals surface area contributed by atoms with Crippen LogP contribution >= 0.6 is 0 Å². The van der Waals surface area contributed by atoms with E-state index in [-0.39, 0.29) is 29.6 Å². The summed E-state index contributed by atoms with van der Waals surface area (Å²) in [6.07, 6.45) is 3.72. The molecule has 1 aliphatic heterocycles. The van der Waals surface area contributed by atoms with Gasteiger partial charge in [0.2, 0.25) is 0 Å². The third kappa shape index (κ3) is 5.31. The number of benzene rings is 1. The van der Waals surface area contributed by atoms with Crippen LogP contribution in [0.15, 0.2) is 47.3 Å². The highest BCUT2D eigenvalue weighted by atomic mass is 19.1. The lowest BCUT2D eigenvalue weighted by Crippen LogP contribution is -2.48. The molecule has 37 heavy (non-hydrogen) atoms. The zero-order valence-electron chi connectivity index (χ0n) is 21.3. The summed E-state index contributed by atoms with van der Waals surface area (Å²) in [7, 11) is 3.73. The summed E-state index contributed by atoms with van der Waals surface area (Å²) < 4.78 is 26.8. The quantitative estimate of drug-likeness (QED) is 0.506. The van der Waals surface area contributed by atoms with Gasteiger partial charge in [0.05, 0.1) is 37.1 Å². The number of rotatable bonds is 6. The molecule has 3 heterocycles. The van der Waals surface area contributed by atoms with Crippen molar-refractivity contribution in [1.29, 1.82) is 5.26 Å². The Hall–Kier alpha value is -3.48. The fourth-order valence-electron chi connectivity index (χ4n) is 5.56. The average Bonchev–Trinajstić information content (AvgIpc) is 2.94. The summed E-state index contributed by atoms with van der Waals surface area (Å²) >= 11 is 0. The Kier molecular flexibility index (Phi) is 7.40. The van der Waals surface area contributed by atoms with Gasteiger partial charge < -0.3 is 23.8 Å². The molecule has 1 aromatic carbocycles. The first-order valence-corrected chi connectivity index (χ1v) is 12.8. The molecule has 1 aliphatic carbocycles. The summed E-state index contributed by atoms with van der Waals surface area (Å²) in [6.45, 7) is 2.46. The van der Waals surface area contributed by atoms with Crippen molar-refractivity contribution in [2.75, 3.05) is 43.2 Å². The molecule has 2 aliphatic rings. The Morgan fingerprint density at radius 1 is 1.11 bits per heavy atom. The van der Waals surface area contributed by atoms with Gasteiger partial charge in [0, 0.05) is 44.5 Å². The number of halogens is 1. The largest absolute Gasteiger partial charge is 0.376 e. The van der Waals surface area contributed by atoms with Gasteiger partial charge in [-0.1, -0.05) is 0 Å². The minimum Gasteiger partial charge on any atom is -0.376 e. The minimum absolute atomic E-state index is 0.0218. The predicted molar refractivity (Wildman–Crippen MR) is 140 cm³/mol. The molecular formula is C28H32FN5O3. The van der Waals surface area contributed by atoms with Gasteiger partial charge >= 0.3 is 0 Å². The normalized spacial score (nSPS) is 21.9. The van der Waals surface area contributed by atoms with Crippen molar-refractivity contribution in [1.82, 2.24) is 9.55 Å². The van der Waals surface area contributed by atoms with Crippen molar-refractivity contribution in [3.05, 3.63) is 64.3 Å². The lowest BCUT2D eigenvalue weighted by atomic mass is 9.88. The highest BCUT2D eigenvalue weighted by molar-refractivity contribution is 5.88. The second-order valence-corrected chi connectivity index (χ2v) is 9.87. The average molecular weight is 506 g/mol. The van der Waals surface area contributed by atoms with Crippen LogP contribution in [0.4, 0.5) is 15.8 Å². The minimum atomic E-state index is -0.249. The molecular weight excluding hydrogens is 473 g/mol. The molecule has 1 saturated carbocycles. The third-order valence-electron chi connectivity index (χ3n) is 7.66. The van der Waals surface area contributed by atoms with Crippen molar-refractivity contribution in [2.45, 2.75) is 43.9 Å². The van der Waals surface area contributed by atoms with Crippen molar-refractivity contribution >= 4 is 22.4 Å². The van der Waals surface area contributed by atoms with Gasteiger partial charge in [0.1, 0.15) is 23.1 Å². The number of pyridine rings is 2. The van der Waals surface area contributed by atoms with Crippen LogP contribution in [0, 0.1) is 17.1 Å². The Bertz CT molecular complexity index is 1340. The summed E-state index contributed by atoms with van der Waals surface area (Å²) in [6, 6.07) is 14.3. The molecule has 0 amide bonds. The van der Waals surface area contributed by atoms with E-state index in [0.717, 1.165) is 37.1 Å². The lowest BCUT2D eigenvalue weighted by molar-refractivity contribution is -0.0846. The number of nitriles is 1. The van der Waals surface area contributed by atoms with E-state index < -0.39 is 0 Å². The van der Waals surface area contributed by atoms with Crippen LogP contribution in [0.1, 0.15) is 31.4 Å². The number of anilines is 2. The number of nitrogens with zero attached hydrogens (tertiary/aromatic N) is 5. The van der Waals surface area contributed by atoms with Crippen LogP contribution in [-0.4, -0.2) is 61.2 Å². The summed E-state index contributed by atoms with van der Waals surface area (Å²) in [5.74, 6) is -0.249. The fourth-order valence-corrected chi connectivity index (χ4v) is 5.56. The molecule has 8 nitrogen and oxygen atoms in total. The molecule has 0 radical (unpaired) electrons. The fraction of sp³-hybridized carbons (Fsp3) is 0.464. The van der Waals surface area contributed by atoms with Crippen molar-refractivity contribution in [2.24, 2.45) is 7.05 Å². The molecule has 2 aromatic heterocycles. The molecule has 1 saturated heterocycles. The number of fused-ring (bicyclic) bond motifs is 1. The van der Waals surface area contributed by atoms with Crippen LogP contribution in [0.25, 0.3) is 11.0 Å². The first-order chi connectivity index (χ1) is 17.9. The summed E-state index contributed by atoms with van der Waals surface area (Å²) in [4.78, 5) is 21.7. The first-order valence-electron chi connectivity index (χ1n) is 12.8. The van der Waals surface area contributed by atoms with E-state index in [2.05, 4.69) is 20.9 Å². The van der Waals surface area contributed by atoms with E-state index in [1.165, 1.54) is 12.1 Å². The zero-order chi connectivity index (χ0) is 25.9. The molecule has 0 N–H and O–H groups in total. The second kappa shape index (κ2) is 10.9. The van der Waals surface area contributed by atoms with E-state index in [1.54, 1.807) is 29.8 Å². The maximum Gasteiger partial charge on any atom is 0.252 e. The molecule has 5 rings (SSSR count). The van der Waals surface area contributed by atoms with Crippen LogP contribution in [-0.2, 0) is 16.5 Å². The maximum absolute atomic E-state index is 13.6. The van der Waals surface area contributed by atoms with Gasteiger partial charge in [-0.15, -0.1) is 0 Å². The molecule has 0 spiro atoms. The first kappa shape index (κ1) is 25.2. The van der Waals surface area contributed by atoms with E-state index in [0.29, 0.717) is 43.1 Å². The van der Waals surface area contributed by atoms with Gasteiger partial charge in [-0.05, 0) is 62.1 Å². The Morgan fingerprint density at radius 2 is 1.84 bits per heavy atom. The topological polar surface area (TPSA) is 83.6 Å². The number of aryl methyl sites for hydroxylation is 1. The van der Waals surface area contributed by atoms with Crippen LogP contribution in [0.5, 0.6) is 0 Å². The molecule has 2 fully saturated rings. The molecule has 0 bridgehead atoms. The van der Waals surface area contributed by atoms with Gasteiger partial charge in [-0.2, -0.15) is 5.26 Å². The highest BCUT2D eigenvalue weighted by Crippen LogP contribution is 2.33. The summed E-state index contributed by atoms with van der Waals surface area (Å²) in [5.41, 5.74) is 3.33. The van der Waals surface area contributed by atoms with Crippen molar-refractivity contribution in [3.8, 4) is 6.07 Å². The third-order valence-corrected chi connectivity index (χ3v) is 7.66. The standard InChI is InChI=1S/C28H32FN5O3/c1-32(26-15-27(35)33(2)25-12-5-20(16-30)31-28(25)26)21-8-10-23(11-9-21)34(17-24-18-36-13-14-37-24)22-6-3-19(29)4-7-22/h3-7,12,15,21,23-24H,8-11,13-14,17-18H2,1-2H3/t21-,23+,24?. The van der Waals surface area contributed by atoms with Crippen LogP contribution in [0.3, 0.4) is 0 Å². The van der Waals surface area contributed by atoms with Crippen molar-refractivity contribution < 1.29 is 13.9 Å². The smallest absolute Gasteiger partial charge is 0.252 e. The zero-order valence-corrected chi connectivity index (χ0v) is 21.3. The SMILES string of the molecule is Cn1c(=O)cc(N(C)[C@H]2CC[C@@H](N(CC3COCCO3)c3ccc(F)cc3)CC2)c2nc(C#N)ccc21. The van der Waals surface area contributed by atoms with E-state index in [4.69, 9.17) is 9.47 Å². The molecule has 1 unspecified atom stereocenters. The predicted octanol–water partition coefficient (Wildman–Crippen LogP) is 3.61. The Labute approximate surface area is 215 Å².